The lowest BCUT2D eigenvalue weighted by Crippen LogP contribution is -2.39. The molecule has 0 aromatic carbocycles. The van der Waals surface area contributed by atoms with E-state index in [1.54, 1.807) is 17.4 Å². The second-order valence-electron chi connectivity index (χ2n) is 5.83. The molecule has 1 amide bonds. The van der Waals surface area contributed by atoms with Crippen LogP contribution in [0.4, 0.5) is 0 Å². The lowest BCUT2D eigenvalue weighted by atomic mass is 9.98. The number of hydrogen-bond acceptors (Lipinski definition) is 5. The molecule has 0 spiro atoms. The Morgan fingerprint density at radius 3 is 3.14 bits per heavy atom. The lowest BCUT2D eigenvalue weighted by molar-refractivity contribution is 0.0696. The van der Waals surface area contributed by atoms with Gasteiger partial charge in [0.2, 0.25) is 0 Å². The fourth-order valence-corrected chi connectivity index (χ4v) is 3.76. The Labute approximate surface area is 134 Å². The van der Waals surface area contributed by atoms with Crippen LogP contribution in [0.15, 0.2) is 16.8 Å². The van der Waals surface area contributed by atoms with Gasteiger partial charge in [0.05, 0.1) is 5.01 Å². The molecule has 0 bridgehead atoms. The summed E-state index contributed by atoms with van der Waals surface area (Å²) in [6.45, 7) is 5.66. The van der Waals surface area contributed by atoms with Gasteiger partial charge in [0.15, 0.2) is 5.69 Å². The Kier molecular flexibility index (Phi) is 4.57. The van der Waals surface area contributed by atoms with E-state index < -0.39 is 0 Å². The fraction of sp³-hybridized carbons (Fsp3) is 0.562. The number of piperidine rings is 1. The molecule has 0 radical (unpaired) electrons. The Morgan fingerprint density at radius 1 is 1.55 bits per heavy atom. The van der Waals surface area contributed by atoms with Crippen molar-refractivity contribution in [2.75, 3.05) is 13.1 Å². The van der Waals surface area contributed by atoms with Crippen LogP contribution in [-0.4, -0.2) is 34.0 Å². The first-order valence-electron chi connectivity index (χ1n) is 7.84. The van der Waals surface area contributed by atoms with Crippen molar-refractivity contribution in [2.45, 2.75) is 45.4 Å². The largest absolute Gasteiger partial charge is 0.361 e. The number of rotatable bonds is 4. The van der Waals surface area contributed by atoms with Gasteiger partial charge in [0, 0.05) is 42.6 Å². The van der Waals surface area contributed by atoms with E-state index in [1.807, 2.05) is 11.1 Å². The van der Waals surface area contributed by atoms with E-state index in [1.165, 1.54) is 4.88 Å². The van der Waals surface area contributed by atoms with E-state index in [9.17, 15) is 4.79 Å². The minimum atomic E-state index is -0.0240. The molecule has 0 saturated carbocycles. The van der Waals surface area contributed by atoms with Crippen molar-refractivity contribution in [1.29, 1.82) is 0 Å². The zero-order valence-corrected chi connectivity index (χ0v) is 13.9. The molecule has 6 heteroatoms. The van der Waals surface area contributed by atoms with Gasteiger partial charge in [0.25, 0.3) is 5.91 Å². The predicted molar refractivity (Wildman–Crippen MR) is 85.2 cm³/mol. The number of amides is 1. The average molecular weight is 319 g/mol. The summed E-state index contributed by atoms with van der Waals surface area (Å²) in [5, 5.41) is 5.07. The molecular weight excluding hydrogens is 298 g/mol. The highest BCUT2D eigenvalue weighted by Crippen LogP contribution is 2.30. The third-order valence-electron chi connectivity index (χ3n) is 3.97. The highest BCUT2D eigenvalue weighted by atomic mass is 32.1. The third-order valence-corrected chi connectivity index (χ3v) is 5.05. The van der Waals surface area contributed by atoms with E-state index in [0.717, 1.165) is 49.5 Å². The molecule has 1 fully saturated rings. The van der Waals surface area contributed by atoms with Gasteiger partial charge in [-0.1, -0.05) is 12.1 Å². The topological polar surface area (TPSA) is 59.2 Å². The van der Waals surface area contributed by atoms with Gasteiger partial charge in [-0.25, -0.2) is 4.98 Å². The molecule has 0 aliphatic carbocycles. The summed E-state index contributed by atoms with van der Waals surface area (Å²) in [5.41, 5.74) is 0.430. The van der Waals surface area contributed by atoms with Crippen LogP contribution in [0.5, 0.6) is 0 Å². The van der Waals surface area contributed by atoms with E-state index in [4.69, 9.17) is 4.52 Å². The van der Waals surface area contributed by atoms with E-state index in [0.29, 0.717) is 11.6 Å². The van der Waals surface area contributed by atoms with Crippen molar-refractivity contribution in [3.8, 4) is 0 Å². The molecule has 3 heterocycles. The monoisotopic (exact) mass is 319 g/mol. The average Bonchev–Trinajstić information content (AvgIpc) is 3.16. The van der Waals surface area contributed by atoms with Crippen LogP contribution in [0.3, 0.4) is 0 Å². The first-order valence-corrected chi connectivity index (χ1v) is 8.66. The molecular formula is C16H21N3O2S. The molecule has 22 heavy (non-hydrogen) atoms. The summed E-state index contributed by atoms with van der Waals surface area (Å²) in [6.07, 6.45) is 5.82. The maximum atomic E-state index is 12.6. The van der Waals surface area contributed by atoms with Crippen molar-refractivity contribution in [3.05, 3.63) is 33.6 Å². The van der Waals surface area contributed by atoms with Crippen LogP contribution in [0.25, 0.3) is 0 Å². The highest BCUT2D eigenvalue weighted by molar-refractivity contribution is 7.11. The number of likely N-dealkylation sites (tertiary alicyclic amines) is 1. The van der Waals surface area contributed by atoms with Gasteiger partial charge >= 0.3 is 0 Å². The first kappa shape index (κ1) is 15.2. The van der Waals surface area contributed by atoms with Crippen LogP contribution in [0, 0.1) is 6.92 Å². The normalized spacial score (nSPS) is 18.6. The predicted octanol–water partition coefficient (Wildman–Crippen LogP) is 3.41. The van der Waals surface area contributed by atoms with Gasteiger partial charge < -0.3 is 9.42 Å². The Balaban J connectivity index is 1.69. The number of aryl methyl sites for hydroxylation is 2. The number of nitrogens with zero attached hydrogens (tertiary/aromatic N) is 3. The first-order chi connectivity index (χ1) is 10.7. The SMILES string of the molecule is CCCc1cc(C(=O)N2CCCC(c3ncc(C)s3)C2)no1. The van der Waals surface area contributed by atoms with E-state index >= 15 is 0 Å². The minimum Gasteiger partial charge on any atom is -0.361 e. The van der Waals surface area contributed by atoms with Crippen molar-refractivity contribution in [2.24, 2.45) is 0 Å². The van der Waals surface area contributed by atoms with Crippen molar-refractivity contribution >= 4 is 17.2 Å². The maximum Gasteiger partial charge on any atom is 0.276 e. The van der Waals surface area contributed by atoms with Gasteiger partial charge in [-0.2, -0.15) is 0 Å². The molecule has 0 N–H and O–H groups in total. The highest BCUT2D eigenvalue weighted by Gasteiger charge is 2.28. The number of hydrogen-bond donors (Lipinski definition) is 0. The molecule has 3 rings (SSSR count). The minimum absolute atomic E-state index is 0.0240. The Bertz CT molecular complexity index is 649. The maximum absolute atomic E-state index is 12.6. The Morgan fingerprint density at radius 2 is 2.41 bits per heavy atom. The van der Waals surface area contributed by atoms with Gasteiger partial charge in [-0.3, -0.25) is 4.79 Å². The van der Waals surface area contributed by atoms with Crippen LogP contribution in [0.2, 0.25) is 0 Å². The summed E-state index contributed by atoms with van der Waals surface area (Å²) < 4.78 is 5.22. The van der Waals surface area contributed by atoms with Crippen LogP contribution >= 0.6 is 11.3 Å². The molecule has 2 aromatic rings. The van der Waals surface area contributed by atoms with Crippen LogP contribution in [-0.2, 0) is 6.42 Å². The zero-order valence-electron chi connectivity index (χ0n) is 13.0. The molecule has 2 aromatic heterocycles. The van der Waals surface area contributed by atoms with E-state index in [2.05, 4.69) is 24.0 Å². The lowest BCUT2D eigenvalue weighted by Gasteiger charge is -2.31. The second kappa shape index (κ2) is 6.60. The summed E-state index contributed by atoms with van der Waals surface area (Å²) in [5.74, 6) is 1.11. The quantitative estimate of drug-likeness (QED) is 0.866. The smallest absolute Gasteiger partial charge is 0.276 e. The standard InChI is InChI=1S/C16H21N3O2S/c1-3-5-13-8-14(18-21-13)16(20)19-7-4-6-12(10-19)15-17-9-11(2)22-15/h8-9,12H,3-7,10H2,1-2H3. The summed E-state index contributed by atoms with van der Waals surface area (Å²) in [7, 11) is 0. The summed E-state index contributed by atoms with van der Waals surface area (Å²) in [6, 6.07) is 1.78. The summed E-state index contributed by atoms with van der Waals surface area (Å²) in [4.78, 5) is 20.2. The zero-order chi connectivity index (χ0) is 15.5. The van der Waals surface area contributed by atoms with Gasteiger partial charge in [-0.15, -0.1) is 11.3 Å². The third kappa shape index (κ3) is 3.21. The molecule has 5 nitrogen and oxygen atoms in total. The molecule has 1 atom stereocenters. The van der Waals surface area contributed by atoms with Crippen LogP contribution < -0.4 is 0 Å². The van der Waals surface area contributed by atoms with Crippen molar-refractivity contribution in [3.63, 3.8) is 0 Å². The number of carbonyl (C=O) groups excluding carboxylic acids is 1. The van der Waals surface area contributed by atoms with Crippen molar-refractivity contribution < 1.29 is 9.32 Å². The fourth-order valence-electron chi connectivity index (χ4n) is 2.86. The molecule has 1 aliphatic rings. The van der Waals surface area contributed by atoms with Crippen LogP contribution in [0.1, 0.15) is 58.2 Å². The number of aromatic nitrogens is 2. The molecule has 118 valence electrons. The molecule has 1 saturated heterocycles. The summed E-state index contributed by atoms with van der Waals surface area (Å²) >= 11 is 1.73. The molecule has 1 unspecified atom stereocenters. The number of carbonyl (C=O) groups is 1. The van der Waals surface area contributed by atoms with E-state index in [-0.39, 0.29) is 5.91 Å². The Hall–Kier alpha value is -1.69. The number of thiazole rings is 1. The van der Waals surface area contributed by atoms with Crippen molar-refractivity contribution in [1.82, 2.24) is 15.0 Å². The molecule has 1 aliphatic heterocycles. The van der Waals surface area contributed by atoms with Gasteiger partial charge in [-0.05, 0) is 26.2 Å². The van der Waals surface area contributed by atoms with Gasteiger partial charge in [0.1, 0.15) is 5.76 Å². The second-order valence-corrected chi connectivity index (χ2v) is 7.09.